The van der Waals surface area contributed by atoms with Crippen molar-refractivity contribution in [1.82, 2.24) is 25.2 Å². The summed E-state index contributed by atoms with van der Waals surface area (Å²) in [5.41, 5.74) is 2.86. The average Bonchev–Trinajstić information content (AvgIpc) is 3.37. The lowest BCUT2D eigenvalue weighted by atomic mass is 9.99. The third-order valence-corrected chi connectivity index (χ3v) is 6.39. The Kier molecular flexibility index (Phi) is 5.40. The molecule has 2 aliphatic rings. The first-order chi connectivity index (χ1) is 14.3. The lowest BCUT2D eigenvalue weighted by Gasteiger charge is -2.27. The van der Waals surface area contributed by atoms with E-state index in [2.05, 4.69) is 37.6 Å². The normalized spacial score (nSPS) is 22.9. The molecule has 0 amide bonds. The van der Waals surface area contributed by atoms with Gasteiger partial charge in [-0.1, -0.05) is 29.8 Å². The maximum Gasteiger partial charge on any atom is 0.223 e. The fourth-order valence-corrected chi connectivity index (χ4v) is 4.83. The first kappa shape index (κ1) is 18.9. The largest absolute Gasteiger partial charge is 0.360 e. The van der Waals surface area contributed by atoms with Crippen molar-refractivity contribution in [3.8, 4) is 11.3 Å². The Hall–Kier alpha value is -2.15. The van der Waals surface area contributed by atoms with Crippen molar-refractivity contribution >= 4 is 28.5 Å². The van der Waals surface area contributed by atoms with Gasteiger partial charge in [0.2, 0.25) is 5.95 Å². The summed E-state index contributed by atoms with van der Waals surface area (Å²) in [6, 6.07) is 8.57. The molecule has 0 aliphatic carbocycles. The maximum atomic E-state index is 6.46. The van der Waals surface area contributed by atoms with E-state index in [4.69, 9.17) is 16.6 Å². The number of likely N-dealkylation sites (tertiary alicyclic amines) is 1. The van der Waals surface area contributed by atoms with E-state index in [0.29, 0.717) is 17.0 Å². The van der Waals surface area contributed by atoms with E-state index in [0.717, 1.165) is 54.1 Å². The Labute approximate surface area is 176 Å². The van der Waals surface area contributed by atoms with Crippen LogP contribution in [-0.2, 0) is 0 Å². The van der Waals surface area contributed by atoms with E-state index in [1.54, 1.807) is 6.20 Å². The van der Waals surface area contributed by atoms with E-state index in [-0.39, 0.29) is 0 Å². The van der Waals surface area contributed by atoms with Gasteiger partial charge < -0.3 is 20.5 Å². The second-order valence-corrected chi connectivity index (χ2v) is 8.65. The minimum atomic E-state index is 0.378. The third-order valence-electron chi connectivity index (χ3n) is 6.11. The summed E-state index contributed by atoms with van der Waals surface area (Å²) in [5, 5.41) is 8.74. The van der Waals surface area contributed by atoms with Crippen LogP contribution in [0.1, 0.15) is 19.3 Å². The van der Waals surface area contributed by atoms with Crippen molar-refractivity contribution in [2.75, 3.05) is 38.0 Å². The van der Waals surface area contributed by atoms with Crippen LogP contribution in [0, 0.1) is 5.92 Å². The molecule has 1 unspecified atom stereocenters. The highest BCUT2D eigenvalue weighted by Gasteiger charge is 2.26. The molecule has 0 spiro atoms. The molecule has 2 atom stereocenters. The van der Waals surface area contributed by atoms with E-state index in [1.165, 1.54) is 25.9 Å². The van der Waals surface area contributed by atoms with Gasteiger partial charge in [-0.2, -0.15) is 0 Å². The van der Waals surface area contributed by atoms with Crippen molar-refractivity contribution in [3.05, 3.63) is 41.7 Å². The van der Waals surface area contributed by atoms with Crippen LogP contribution in [0.2, 0.25) is 5.02 Å². The molecule has 0 radical (unpaired) electrons. The molecule has 6 nitrogen and oxygen atoms in total. The van der Waals surface area contributed by atoms with E-state index in [9.17, 15) is 0 Å². The number of hydrogen-bond donors (Lipinski definition) is 3. The number of nitrogens with zero attached hydrogens (tertiary/aromatic N) is 3. The van der Waals surface area contributed by atoms with Crippen molar-refractivity contribution in [1.29, 1.82) is 0 Å². The number of para-hydroxylation sites is 1. The summed E-state index contributed by atoms with van der Waals surface area (Å²) in [6.45, 7) is 5.70. The number of anilines is 1. The molecular formula is C22H27ClN6. The smallest absolute Gasteiger partial charge is 0.223 e. The van der Waals surface area contributed by atoms with Crippen LogP contribution in [0.4, 0.5) is 5.95 Å². The zero-order valence-electron chi connectivity index (χ0n) is 16.5. The van der Waals surface area contributed by atoms with Crippen LogP contribution in [0.5, 0.6) is 0 Å². The van der Waals surface area contributed by atoms with Gasteiger partial charge in [-0.3, -0.25) is 0 Å². The van der Waals surface area contributed by atoms with Crippen LogP contribution < -0.4 is 10.6 Å². The second kappa shape index (κ2) is 8.30. The Morgan fingerprint density at radius 3 is 3.07 bits per heavy atom. The minimum Gasteiger partial charge on any atom is -0.360 e. The van der Waals surface area contributed by atoms with Gasteiger partial charge in [-0.25, -0.2) is 9.97 Å². The lowest BCUT2D eigenvalue weighted by Crippen LogP contribution is -2.38. The number of H-pyrrole nitrogens is 1. The summed E-state index contributed by atoms with van der Waals surface area (Å²) in [6.07, 6.45) is 7.44. The summed E-state index contributed by atoms with van der Waals surface area (Å²) in [4.78, 5) is 15.1. The summed E-state index contributed by atoms with van der Waals surface area (Å²) in [7, 11) is 0. The summed E-state index contributed by atoms with van der Waals surface area (Å²) >= 11 is 6.46. The molecule has 0 saturated carbocycles. The molecule has 3 N–H and O–H groups in total. The number of fused-ring (bicyclic) bond motifs is 1. The molecule has 2 fully saturated rings. The molecular weight excluding hydrogens is 384 g/mol. The van der Waals surface area contributed by atoms with Gasteiger partial charge in [0, 0.05) is 48.3 Å². The van der Waals surface area contributed by atoms with Gasteiger partial charge in [0.1, 0.15) is 0 Å². The number of halogens is 1. The summed E-state index contributed by atoms with van der Waals surface area (Å²) in [5.74, 6) is 1.43. The van der Waals surface area contributed by atoms with Crippen LogP contribution >= 0.6 is 11.6 Å². The van der Waals surface area contributed by atoms with Crippen LogP contribution in [-0.4, -0.2) is 58.6 Å². The van der Waals surface area contributed by atoms with Gasteiger partial charge in [0.25, 0.3) is 0 Å². The molecule has 152 valence electrons. The number of aromatic amines is 1. The molecule has 4 heterocycles. The number of hydrogen-bond acceptors (Lipinski definition) is 5. The minimum absolute atomic E-state index is 0.378. The van der Waals surface area contributed by atoms with E-state index in [1.807, 2.05) is 18.3 Å². The van der Waals surface area contributed by atoms with Gasteiger partial charge in [-0.15, -0.1) is 0 Å². The predicted octanol–water partition coefficient (Wildman–Crippen LogP) is 3.76. The number of aromatic nitrogens is 3. The monoisotopic (exact) mass is 410 g/mol. The Balaban J connectivity index is 1.28. The zero-order chi connectivity index (χ0) is 19.6. The van der Waals surface area contributed by atoms with Crippen molar-refractivity contribution in [2.45, 2.75) is 25.3 Å². The molecule has 1 aromatic carbocycles. The fraction of sp³-hybridized carbons (Fsp3) is 0.455. The molecule has 2 aromatic heterocycles. The van der Waals surface area contributed by atoms with Crippen molar-refractivity contribution in [2.24, 2.45) is 5.92 Å². The van der Waals surface area contributed by atoms with E-state index >= 15 is 0 Å². The Bertz CT molecular complexity index is 980. The molecule has 2 saturated heterocycles. The quantitative estimate of drug-likeness (QED) is 0.597. The Morgan fingerprint density at radius 1 is 1.24 bits per heavy atom. The number of nitrogens with one attached hydrogen (secondary N) is 3. The van der Waals surface area contributed by atoms with Gasteiger partial charge >= 0.3 is 0 Å². The average molecular weight is 411 g/mol. The first-order valence-corrected chi connectivity index (χ1v) is 10.9. The van der Waals surface area contributed by atoms with Crippen LogP contribution in [0.25, 0.3) is 22.2 Å². The molecule has 0 bridgehead atoms. The maximum absolute atomic E-state index is 6.46. The SMILES string of the molecule is Clc1cnc(N[C@@H]2CCN(CC3CCCNC3)C2)nc1-c1c[nH]c2ccccc12. The van der Waals surface area contributed by atoms with Gasteiger partial charge in [0.15, 0.2) is 0 Å². The number of benzene rings is 1. The van der Waals surface area contributed by atoms with Crippen LogP contribution in [0.15, 0.2) is 36.7 Å². The molecule has 29 heavy (non-hydrogen) atoms. The van der Waals surface area contributed by atoms with Crippen LogP contribution in [0.3, 0.4) is 0 Å². The molecule has 5 rings (SSSR count). The number of rotatable bonds is 5. The highest BCUT2D eigenvalue weighted by molar-refractivity contribution is 6.33. The topological polar surface area (TPSA) is 68.9 Å². The predicted molar refractivity (Wildman–Crippen MR) is 118 cm³/mol. The van der Waals surface area contributed by atoms with E-state index < -0.39 is 0 Å². The third kappa shape index (κ3) is 4.10. The second-order valence-electron chi connectivity index (χ2n) is 8.24. The highest BCUT2D eigenvalue weighted by Crippen LogP contribution is 2.32. The fourth-order valence-electron chi connectivity index (χ4n) is 4.64. The highest BCUT2D eigenvalue weighted by atomic mass is 35.5. The first-order valence-electron chi connectivity index (χ1n) is 10.5. The molecule has 2 aliphatic heterocycles. The molecule has 3 aromatic rings. The zero-order valence-corrected chi connectivity index (χ0v) is 17.3. The van der Waals surface area contributed by atoms with Gasteiger partial charge in [0.05, 0.1) is 16.9 Å². The summed E-state index contributed by atoms with van der Waals surface area (Å²) < 4.78 is 0. The lowest BCUT2D eigenvalue weighted by molar-refractivity contribution is 0.242. The Morgan fingerprint density at radius 2 is 2.17 bits per heavy atom. The number of piperidine rings is 1. The molecule has 7 heteroatoms. The van der Waals surface area contributed by atoms with Crippen molar-refractivity contribution in [3.63, 3.8) is 0 Å². The van der Waals surface area contributed by atoms with Crippen molar-refractivity contribution < 1.29 is 0 Å². The van der Waals surface area contributed by atoms with Gasteiger partial charge in [-0.05, 0) is 44.3 Å². The standard InChI is InChI=1S/C22H27ClN6/c23-19-12-26-22(28-21(19)18-11-25-20-6-2-1-5-17(18)20)27-16-7-9-29(14-16)13-15-4-3-8-24-10-15/h1-2,5-6,11-12,15-16,24-25H,3-4,7-10,13-14H2,(H,26,27,28)/t15?,16-/m1/s1.